The van der Waals surface area contributed by atoms with Crippen molar-refractivity contribution in [1.82, 2.24) is 29.7 Å². The molecule has 0 saturated heterocycles. The fraction of sp³-hybridized carbons (Fsp3) is 0.286. The Labute approximate surface area is 131 Å². The third-order valence-corrected chi connectivity index (χ3v) is 3.40. The molecule has 118 valence electrons. The van der Waals surface area contributed by atoms with E-state index in [2.05, 4.69) is 25.0 Å². The maximum absolute atomic E-state index is 11.3. The van der Waals surface area contributed by atoms with Crippen LogP contribution in [-0.2, 0) is 6.54 Å². The van der Waals surface area contributed by atoms with Crippen molar-refractivity contribution in [2.75, 3.05) is 7.11 Å². The molecule has 23 heavy (non-hydrogen) atoms. The van der Waals surface area contributed by atoms with Crippen molar-refractivity contribution in [3.05, 3.63) is 35.2 Å². The first-order valence-electron chi connectivity index (χ1n) is 6.79. The number of nitrogens with zero attached hydrogens (tertiary/aromatic N) is 6. The smallest absolute Gasteiger partial charge is 0.358 e. The van der Waals surface area contributed by atoms with Gasteiger partial charge in [0.2, 0.25) is 5.88 Å². The number of carboxylic acids is 1. The van der Waals surface area contributed by atoms with Gasteiger partial charge in [-0.1, -0.05) is 0 Å². The van der Waals surface area contributed by atoms with Crippen LogP contribution in [-0.4, -0.2) is 47.9 Å². The van der Waals surface area contributed by atoms with E-state index < -0.39 is 5.97 Å². The zero-order valence-corrected chi connectivity index (χ0v) is 12.8. The molecular formula is C14H14N6O3. The topological polar surface area (TPSA) is 116 Å². The van der Waals surface area contributed by atoms with E-state index >= 15 is 0 Å². The quantitative estimate of drug-likeness (QED) is 0.757. The van der Waals surface area contributed by atoms with Crippen molar-refractivity contribution < 1.29 is 14.6 Å². The summed E-state index contributed by atoms with van der Waals surface area (Å²) in [4.78, 5) is 28.1. The van der Waals surface area contributed by atoms with Gasteiger partial charge in [-0.3, -0.25) is 0 Å². The predicted molar refractivity (Wildman–Crippen MR) is 79.4 cm³/mol. The van der Waals surface area contributed by atoms with Crippen LogP contribution in [0.5, 0.6) is 5.88 Å². The van der Waals surface area contributed by atoms with Gasteiger partial charge in [-0.2, -0.15) is 5.10 Å². The van der Waals surface area contributed by atoms with Crippen LogP contribution in [0.1, 0.15) is 27.4 Å². The maximum Gasteiger partial charge on any atom is 0.358 e. The van der Waals surface area contributed by atoms with Crippen molar-refractivity contribution in [2.45, 2.75) is 20.4 Å². The zero-order chi connectivity index (χ0) is 16.6. The van der Waals surface area contributed by atoms with Gasteiger partial charge in [-0.05, 0) is 13.8 Å². The molecule has 0 aliphatic heterocycles. The zero-order valence-electron chi connectivity index (χ0n) is 12.8. The fourth-order valence-electron chi connectivity index (χ4n) is 2.26. The average molecular weight is 314 g/mol. The molecule has 0 aromatic carbocycles. The summed E-state index contributed by atoms with van der Waals surface area (Å²) >= 11 is 0. The van der Waals surface area contributed by atoms with E-state index in [0.29, 0.717) is 22.9 Å². The number of rotatable bonds is 4. The minimum Gasteiger partial charge on any atom is -0.481 e. The third kappa shape index (κ3) is 2.56. The molecule has 0 unspecified atom stereocenters. The first-order chi connectivity index (χ1) is 11.0. The number of carboxylic acid groups (broad SMARTS) is 1. The SMILES string of the molecule is COc1ncnc(Cn2nc(C(=O)O)c3ncc(C)nc32)c1C. The number of carbonyl (C=O) groups is 1. The van der Waals surface area contributed by atoms with Crippen molar-refractivity contribution in [2.24, 2.45) is 0 Å². The highest BCUT2D eigenvalue weighted by Crippen LogP contribution is 2.20. The molecule has 1 N–H and O–H groups in total. The Hall–Kier alpha value is -3.10. The van der Waals surface area contributed by atoms with Crippen LogP contribution in [0.4, 0.5) is 0 Å². The predicted octanol–water partition coefficient (Wildman–Crippen LogP) is 0.988. The van der Waals surface area contributed by atoms with Gasteiger partial charge in [-0.15, -0.1) is 0 Å². The molecule has 3 heterocycles. The van der Waals surface area contributed by atoms with Crippen LogP contribution in [0, 0.1) is 13.8 Å². The molecule has 0 atom stereocenters. The summed E-state index contributed by atoms with van der Waals surface area (Å²) in [5.74, 6) is -0.684. The standard InChI is InChI=1S/C14H14N6O3/c1-7-4-15-10-11(14(21)22)19-20(12(10)18-7)5-9-8(2)13(23-3)17-6-16-9/h4,6H,5H2,1-3H3,(H,21,22). The molecule has 0 spiro atoms. The van der Waals surface area contributed by atoms with Gasteiger partial charge in [0.25, 0.3) is 0 Å². The van der Waals surface area contributed by atoms with Crippen molar-refractivity contribution in [3.63, 3.8) is 0 Å². The van der Waals surface area contributed by atoms with Gasteiger partial charge in [0.1, 0.15) is 11.8 Å². The van der Waals surface area contributed by atoms with Crippen molar-refractivity contribution in [3.8, 4) is 5.88 Å². The molecule has 3 aromatic heterocycles. The van der Waals surface area contributed by atoms with Crippen LogP contribution in [0.15, 0.2) is 12.5 Å². The molecular weight excluding hydrogens is 300 g/mol. The second kappa shape index (κ2) is 5.59. The van der Waals surface area contributed by atoms with Gasteiger partial charge >= 0.3 is 5.97 Å². The molecule has 9 heteroatoms. The summed E-state index contributed by atoms with van der Waals surface area (Å²) in [6.45, 7) is 3.85. The first-order valence-corrected chi connectivity index (χ1v) is 6.79. The molecule has 0 bridgehead atoms. The summed E-state index contributed by atoms with van der Waals surface area (Å²) in [5, 5.41) is 13.4. The van der Waals surface area contributed by atoms with Crippen LogP contribution >= 0.6 is 0 Å². The number of aryl methyl sites for hydroxylation is 1. The lowest BCUT2D eigenvalue weighted by molar-refractivity contribution is 0.0691. The highest BCUT2D eigenvalue weighted by atomic mass is 16.5. The Morgan fingerprint density at radius 3 is 2.78 bits per heavy atom. The molecule has 0 aliphatic rings. The minimum atomic E-state index is -1.15. The Kier molecular flexibility index (Phi) is 3.61. The molecule has 0 saturated carbocycles. The van der Waals surface area contributed by atoms with Gasteiger partial charge in [0.15, 0.2) is 11.3 Å². The van der Waals surface area contributed by atoms with E-state index in [1.54, 1.807) is 6.92 Å². The molecule has 0 aliphatic carbocycles. The summed E-state index contributed by atoms with van der Waals surface area (Å²) in [7, 11) is 1.53. The highest BCUT2D eigenvalue weighted by Gasteiger charge is 2.20. The fourth-order valence-corrected chi connectivity index (χ4v) is 2.26. The van der Waals surface area contributed by atoms with E-state index in [0.717, 1.165) is 5.56 Å². The van der Waals surface area contributed by atoms with E-state index in [4.69, 9.17) is 4.74 Å². The third-order valence-electron chi connectivity index (χ3n) is 3.40. The van der Waals surface area contributed by atoms with Gasteiger partial charge in [-0.25, -0.2) is 29.4 Å². The number of methoxy groups -OCH3 is 1. The number of aromatic nitrogens is 6. The second-order valence-corrected chi connectivity index (χ2v) is 4.95. The van der Waals surface area contributed by atoms with E-state index in [1.807, 2.05) is 6.92 Å². The largest absolute Gasteiger partial charge is 0.481 e. The second-order valence-electron chi connectivity index (χ2n) is 4.95. The van der Waals surface area contributed by atoms with Gasteiger partial charge in [0, 0.05) is 11.8 Å². The van der Waals surface area contributed by atoms with E-state index in [9.17, 15) is 9.90 Å². The maximum atomic E-state index is 11.3. The van der Waals surface area contributed by atoms with E-state index in [-0.39, 0.29) is 17.8 Å². The Bertz CT molecular complexity index is 905. The number of ether oxygens (including phenoxy) is 1. The van der Waals surface area contributed by atoms with Crippen LogP contribution < -0.4 is 4.74 Å². The van der Waals surface area contributed by atoms with Crippen LogP contribution in [0.3, 0.4) is 0 Å². The average Bonchev–Trinajstić information content (AvgIpc) is 2.87. The number of hydrogen-bond donors (Lipinski definition) is 1. The van der Waals surface area contributed by atoms with Gasteiger partial charge in [0.05, 0.1) is 25.0 Å². The van der Waals surface area contributed by atoms with Crippen LogP contribution in [0.2, 0.25) is 0 Å². The molecule has 9 nitrogen and oxygen atoms in total. The Morgan fingerprint density at radius 2 is 2.09 bits per heavy atom. The lowest BCUT2D eigenvalue weighted by Crippen LogP contribution is -2.09. The van der Waals surface area contributed by atoms with E-state index in [1.165, 1.54) is 24.3 Å². The summed E-state index contributed by atoms with van der Waals surface area (Å²) in [6.07, 6.45) is 2.90. The molecule has 3 rings (SSSR count). The lowest BCUT2D eigenvalue weighted by atomic mass is 10.2. The molecule has 3 aromatic rings. The number of fused-ring (bicyclic) bond motifs is 1. The lowest BCUT2D eigenvalue weighted by Gasteiger charge is -2.08. The van der Waals surface area contributed by atoms with Crippen LogP contribution in [0.25, 0.3) is 11.2 Å². The number of hydrogen-bond acceptors (Lipinski definition) is 7. The van der Waals surface area contributed by atoms with Crippen molar-refractivity contribution >= 4 is 17.1 Å². The Morgan fingerprint density at radius 1 is 1.30 bits per heavy atom. The molecule has 0 fully saturated rings. The Balaban J connectivity index is 2.14. The first kappa shape index (κ1) is 14.8. The molecule has 0 radical (unpaired) electrons. The van der Waals surface area contributed by atoms with Gasteiger partial charge < -0.3 is 9.84 Å². The summed E-state index contributed by atoms with van der Waals surface area (Å²) in [5.41, 5.74) is 2.62. The molecule has 0 amide bonds. The summed E-state index contributed by atoms with van der Waals surface area (Å²) < 4.78 is 6.65. The van der Waals surface area contributed by atoms with Crippen molar-refractivity contribution in [1.29, 1.82) is 0 Å². The highest BCUT2D eigenvalue weighted by molar-refractivity contribution is 5.98. The minimum absolute atomic E-state index is 0.133. The summed E-state index contributed by atoms with van der Waals surface area (Å²) in [6, 6.07) is 0. The number of aromatic carboxylic acids is 1. The normalized spacial score (nSPS) is 10.9. The monoisotopic (exact) mass is 314 g/mol.